The summed E-state index contributed by atoms with van der Waals surface area (Å²) in [7, 11) is 0. The summed E-state index contributed by atoms with van der Waals surface area (Å²) >= 11 is 0. The lowest BCUT2D eigenvalue weighted by Crippen LogP contribution is -2.42. The lowest BCUT2D eigenvalue weighted by molar-refractivity contribution is 0.159. The molecule has 0 aromatic heterocycles. The maximum absolute atomic E-state index is 2.50. The Labute approximate surface area is 121 Å². The average Bonchev–Trinajstić information content (AvgIpc) is 2.51. The van der Waals surface area contributed by atoms with Crippen LogP contribution in [0.1, 0.15) is 11.1 Å². The zero-order valence-corrected chi connectivity index (χ0v) is 11.8. The van der Waals surface area contributed by atoms with Gasteiger partial charge in [-0.15, -0.1) is 0 Å². The molecule has 0 amide bonds. The van der Waals surface area contributed by atoms with Gasteiger partial charge in [0.2, 0.25) is 0 Å². The summed E-state index contributed by atoms with van der Waals surface area (Å²) in [6, 6.07) is 21.4. The summed E-state index contributed by atoms with van der Waals surface area (Å²) in [5.74, 6) is 0. The van der Waals surface area contributed by atoms with E-state index in [2.05, 4.69) is 77.0 Å². The molecule has 0 spiro atoms. The van der Waals surface area contributed by atoms with Gasteiger partial charge in [0.15, 0.2) is 0 Å². The van der Waals surface area contributed by atoms with E-state index in [1.165, 1.54) is 11.1 Å². The van der Waals surface area contributed by atoms with Crippen molar-refractivity contribution in [1.29, 1.82) is 0 Å². The fourth-order valence-corrected chi connectivity index (χ4v) is 2.63. The first kappa shape index (κ1) is 13.3. The minimum atomic E-state index is 1.03. The molecule has 103 valence electrons. The summed E-state index contributed by atoms with van der Waals surface area (Å²) in [5, 5.41) is 0. The molecule has 2 aromatic rings. The maximum Gasteiger partial charge on any atom is 0.0395 e. The second kappa shape index (κ2) is 6.69. The lowest BCUT2D eigenvalue weighted by Gasteiger charge is -2.34. The van der Waals surface area contributed by atoms with Crippen LogP contribution in [0.3, 0.4) is 0 Å². The number of benzene rings is 2. The van der Waals surface area contributed by atoms with Crippen LogP contribution in [0.5, 0.6) is 0 Å². The van der Waals surface area contributed by atoms with Crippen molar-refractivity contribution in [2.75, 3.05) is 19.6 Å². The van der Waals surface area contributed by atoms with E-state index < -0.39 is 0 Å². The molecule has 0 bridgehead atoms. The Morgan fingerprint density at radius 2 is 1.30 bits per heavy atom. The first-order valence-electron chi connectivity index (χ1n) is 7.28. The standard InChI is InChI=1S/C18H21N2/c1-3-7-17(8-4-1)15-19-11-13-20(14-12-19)16-18-9-5-2-6-10-18/h1-11H,12-16H2. The number of piperazine rings is 1. The molecule has 20 heavy (non-hydrogen) atoms. The highest BCUT2D eigenvalue weighted by Gasteiger charge is 2.17. The van der Waals surface area contributed by atoms with Gasteiger partial charge in [-0.3, -0.25) is 9.80 Å². The molecule has 0 atom stereocenters. The van der Waals surface area contributed by atoms with Crippen molar-refractivity contribution in [3.63, 3.8) is 0 Å². The van der Waals surface area contributed by atoms with E-state index in [-0.39, 0.29) is 0 Å². The van der Waals surface area contributed by atoms with Crippen LogP contribution < -0.4 is 0 Å². The molecule has 1 radical (unpaired) electrons. The molecule has 1 saturated heterocycles. The topological polar surface area (TPSA) is 6.48 Å². The molecule has 2 aromatic carbocycles. The van der Waals surface area contributed by atoms with Gasteiger partial charge in [0, 0.05) is 39.3 Å². The highest BCUT2D eigenvalue weighted by Crippen LogP contribution is 2.13. The third-order valence-corrected chi connectivity index (χ3v) is 3.78. The molecule has 2 nitrogen and oxygen atoms in total. The number of nitrogens with zero attached hydrogens (tertiary/aromatic N) is 2. The summed E-state index contributed by atoms with van der Waals surface area (Å²) in [6.45, 7) is 7.71. The van der Waals surface area contributed by atoms with Crippen molar-refractivity contribution in [3.8, 4) is 0 Å². The first-order valence-corrected chi connectivity index (χ1v) is 7.28. The summed E-state index contributed by atoms with van der Waals surface area (Å²) in [5.41, 5.74) is 2.79. The molecule has 0 N–H and O–H groups in total. The Morgan fingerprint density at radius 1 is 0.700 bits per heavy atom. The van der Waals surface area contributed by atoms with Crippen LogP contribution in [0.4, 0.5) is 0 Å². The van der Waals surface area contributed by atoms with Gasteiger partial charge in [0.25, 0.3) is 0 Å². The van der Waals surface area contributed by atoms with Gasteiger partial charge in [-0.25, -0.2) is 0 Å². The second-order valence-corrected chi connectivity index (χ2v) is 5.36. The molecule has 1 fully saturated rings. The highest BCUT2D eigenvalue weighted by atomic mass is 15.3. The Morgan fingerprint density at radius 3 is 1.85 bits per heavy atom. The van der Waals surface area contributed by atoms with Crippen molar-refractivity contribution in [2.24, 2.45) is 0 Å². The van der Waals surface area contributed by atoms with Crippen LogP contribution in [-0.2, 0) is 13.1 Å². The molecule has 1 aliphatic rings. The third kappa shape index (κ3) is 3.69. The van der Waals surface area contributed by atoms with E-state index in [4.69, 9.17) is 0 Å². The average molecular weight is 265 g/mol. The van der Waals surface area contributed by atoms with Crippen LogP contribution in [0, 0.1) is 6.54 Å². The Hall–Kier alpha value is -1.64. The lowest BCUT2D eigenvalue weighted by atomic mass is 10.1. The molecule has 0 unspecified atom stereocenters. The smallest absolute Gasteiger partial charge is 0.0395 e. The van der Waals surface area contributed by atoms with E-state index in [0.29, 0.717) is 0 Å². The predicted molar refractivity (Wildman–Crippen MR) is 82.9 cm³/mol. The monoisotopic (exact) mass is 265 g/mol. The van der Waals surface area contributed by atoms with E-state index in [0.717, 1.165) is 32.7 Å². The van der Waals surface area contributed by atoms with Crippen molar-refractivity contribution < 1.29 is 0 Å². The minimum Gasteiger partial charge on any atom is -0.296 e. The van der Waals surface area contributed by atoms with Gasteiger partial charge >= 0.3 is 0 Å². The Kier molecular flexibility index (Phi) is 4.46. The molecule has 0 saturated carbocycles. The fourth-order valence-electron chi connectivity index (χ4n) is 2.63. The van der Waals surface area contributed by atoms with E-state index in [1.54, 1.807) is 0 Å². The third-order valence-electron chi connectivity index (χ3n) is 3.78. The zero-order valence-electron chi connectivity index (χ0n) is 11.8. The van der Waals surface area contributed by atoms with Gasteiger partial charge in [-0.1, -0.05) is 60.7 Å². The van der Waals surface area contributed by atoms with Crippen LogP contribution in [0.25, 0.3) is 0 Å². The zero-order chi connectivity index (χ0) is 13.6. The molecule has 3 rings (SSSR count). The summed E-state index contributed by atoms with van der Waals surface area (Å²) in [4.78, 5) is 4.92. The van der Waals surface area contributed by atoms with E-state index in [1.807, 2.05) is 0 Å². The first-order chi connectivity index (χ1) is 9.90. The molecule has 1 aliphatic heterocycles. The van der Waals surface area contributed by atoms with Crippen molar-refractivity contribution in [3.05, 3.63) is 78.3 Å². The normalized spacial score (nSPS) is 17.2. The quantitative estimate of drug-likeness (QED) is 0.838. The van der Waals surface area contributed by atoms with Crippen molar-refractivity contribution in [1.82, 2.24) is 9.80 Å². The molecule has 1 heterocycles. The molecular formula is C18H21N2. The Bertz CT molecular complexity index is 452. The van der Waals surface area contributed by atoms with Gasteiger partial charge in [0.1, 0.15) is 0 Å². The number of hydrogen-bond acceptors (Lipinski definition) is 2. The number of hydrogen-bond donors (Lipinski definition) is 0. The second-order valence-electron chi connectivity index (χ2n) is 5.36. The van der Waals surface area contributed by atoms with Crippen LogP contribution in [0.15, 0.2) is 60.7 Å². The fraction of sp³-hybridized carbons (Fsp3) is 0.278. The largest absolute Gasteiger partial charge is 0.296 e. The minimum absolute atomic E-state index is 1.03. The predicted octanol–water partition coefficient (Wildman–Crippen LogP) is 3.17. The maximum atomic E-state index is 2.50. The number of rotatable bonds is 4. The van der Waals surface area contributed by atoms with Crippen molar-refractivity contribution >= 4 is 0 Å². The molecule has 2 heteroatoms. The molecule has 0 aliphatic carbocycles. The SMILES string of the molecule is [CH]1CN(Cc2ccccc2)CCN1Cc1ccccc1. The van der Waals surface area contributed by atoms with Gasteiger partial charge in [-0.2, -0.15) is 0 Å². The Balaban J connectivity index is 1.47. The molecular weight excluding hydrogens is 244 g/mol. The van der Waals surface area contributed by atoms with Gasteiger partial charge in [-0.05, 0) is 11.1 Å². The van der Waals surface area contributed by atoms with Crippen molar-refractivity contribution in [2.45, 2.75) is 13.1 Å². The van der Waals surface area contributed by atoms with Crippen LogP contribution >= 0.6 is 0 Å². The van der Waals surface area contributed by atoms with Gasteiger partial charge < -0.3 is 0 Å². The highest BCUT2D eigenvalue weighted by molar-refractivity contribution is 5.16. The van der Waals surface area contributed by atoms with E-state index in [9.17, 15) is 0 Å². The summed E-state index contributed by atoms with van der Waals surface area (Å²) < 4.78 is 0. The van der Waals surface area contributed by atoms with Crippen LogP contribution in [-0.4, -0.2) is 29.4 Å². The van der Waals surface area contributed by atoms with Crippen LogP contribution in [0.2, 0.25) is 0 Å². The van der Waals surface area contributed by atoms with E-state index >= 15 is 0 Å². The summed E-state index contributed by atoms with van der Waals surface area (Å²) in [6.07, 6.45) is 0. The van der Waals surface area contributed by atoms with Gasteiger partial charge in [0.05, 0.1) is 0 Å².